The van der Waals surface area contributed by atoms with E-state index >= 15 is 0 Å². The van der Waals surface area contributed by atoms with Gasteiger partial charge in [-0.25, -0.2) is 9.78 Å². The second-order valence-electron chi connectivity index (χ2n) is 5.40. The first-order valence-electron chi connectivity index (χ1n) is 7.46. The number of nitrogens with zero attached hydrogens (tertiary/aromatic N) is 2. The molecule has 5 nitrogen and oxygen atoms in total. The van der Waals surface area contributed by atoms with Gasteiger partial charge in [0.15, 0.2) is 6.61 Å². The van der Waals surface area contributed by atoms with Crippen molar-refractivity contribution < 1.29 is 14.3 Å². The third kappa shape index (κ3) is 4.33. The summed E-state index contributed by atoms with van der Waals surface area (Å²) in [7, 11) is 1.69. The molecule has 0 N–H and O–H groups in total. The van der Waals surface area contributed by atoms with E-state index in [9.17, 15) is 9.59 Å². The minimum atomic E-state index is -0.506. The average molecular weight is 393 g/mol. The zero-order chi connectivity index (χ0) is 17.8. The van der Waals surface area contributed by atoms with Gasteiger partial charge in [0.2, 0.25) is 0 Å². The van der Waals surface area contributed by atoms with E-state index in [-0.39, 0.29) is 12.5 Å². The Labute approximate surface area is 157 Å². The summed E-state index contributed by atoms with van der Waals surface area (Å²) >= 11 is 4.45. The molecule has 3 aromatic heterocycles. The van der Waals surface area contributed by atoms with Gasteiger partial charge in [-0.2, -0.15) is 22.7 Å². The molecule has 0 bridgehead atoms. The van der Waals surface area contributed by atoms with Crippen molar-refractivity contribution in [3.63, 3.8) is 0 Å². The largest absolute Gasteiger partial charge is 0.451 e. The summed E-state index contributed by atoms with van der Waals surface area (Å²) < 4.78 is 5.19. The normalized spacial score (nSPS) is 10.6. The Hall–Kier alpha value is -2.03. The van der Waals surface area contributed by atoms with Crippen LogP contribution in [-0.2, 0) is 16.1 Å². The van der Waals surface area contributed by atoms with Crippen molar-refractivity contribution in [2.45, 2.75) is 13.5 Å². The number of ether oxygens (including phenoxy) is 1. The van der Waals surface area contributed by atoms with Crippen LogP contribution in [0.4, 0.5) is 0 Å². The molecule has 3 aromatic rings. The van der Waals surface area contributed by atoms with Crippen molar-refractivity contribution in [2.24, 2.45) is 0 Å². The molecule has 3 rings (SSSR count). The Kier molecular flexibility index (Phi) is 5.62. The van der Waals surface area contributed by atoms with Crippen LogP contribution in [0, 0.1) is 6.92 Å². The predicted molar refractivity (Wildman–Crippen MR) is 101 cm³/mol. The minimum absolute atomic E-state index is 0.236. The molecule has 0 aliphatic rings. The quantitative estimate of drug-likeness (QED) is 0.594. The second kappa shape index (κ2) is 7.90. The number of likely N-dealkylation sites (N-methyl/N-ethyl adjacent to an activating group) is 1. The molecule has 130 valence electrons. The second-order valence-corrected chi connectivity index (χ2v) is 7.96. The summed E-state index contributed by atoms with van der Waals surface area (Å²) in [6.07, 6.45) is 0. The predicted octanol–water partition coefficient (Wildman–Crippen LogP) is 4.06. The first-order valence-corrected chi connectivity index (χ1v) is 10.2. The van der Waals surface area contributed by atoms with Gasteiger partial charge in [-0.05, 0) is 40.8 Å². The Morgan fingerprint density at radius 2 is 1.96 bits per heavy atom. The van der Waals surface area contributed by atoms with E-state index in [1.807, 2.05) is 33.7 Å². The van der Waals surface area contributed by atoms with Crippen LogP contribution in [0.15, 0.2) is 33.7 Å². The highest BCUT2D eigenvalue weighted by Crippen LogP contribution is 2.29. The highest BCUT2D eigenvalue weighted by molar-refractivity contribution is 7.17. The Bertz CT molecular complexity index is 854. The van der Waals surface area contributed by atoms with E-state index in [0.717, 1.165) is 16.1 Å². The Balaban J connectivity index is 1.58. The SMILES string of the molecule is Cc1nc(-c2ccsc2)sc1C(=O)OCC(=O)N(C)Cc1ccsc1. The van der Waals surface area contributed by atoms with Gasteiger partial charge in [0, 0.05) is 24.5 Å². The fraction of sp³-hybridized carbons (Fsp3) is 0.235. The van der Waals surface area contributed by atoms with Gasteiger partial charge in [0.1, 0.15) is 9.88 Å². The number of aryl methyl sites for hydroxylation is 1. The van der Waals surface area contributed by atoms with Crippen LogP contribution in [-0.4, -0.2) is 35.4 Å². The van der Waals surface area contributed by atoms with Crippen molar-refractivity contribution >= 4 is 45.9 Å². The van der Waals surface area contributed by atoms with Crippen LogP contribution < -0.4 is 0 Å². The fourth-order valence-corrected chi connectivity index (χ4v) is 4.47. The summed E-state index contributed by atoms with van der Waals surface area (Å²) in [6.45, 7) is 2.00. The summed E-state index contributed by atoms with van der Waals surface area (Å²) in [5.74, 6) is -0.742. The van der Waals surface area contributed by atoms with Gasteiger partial charge in [-0.3, -0.25) is 4.79 Å². The summed E-state index contributed by atoms with van der Waals surface area (Å²) in [5, 5.41) is 8.68. The highest BCUT2D eigenvalue weighted by atomic mass is 32.1. The number of amides is 1. The monoisotopic (exact) mass is 392 g/mol. The van der Waals surface area contributed by atoms with Crippen molar-refractivity contribution in [1.29, 1.82) is 0 Å². The molecule has 0 aliphatic heterocycles. The van der Waals surface area contributed by atoms with E-state index < -0.39 is 5.97 Å². The van der Waals surface area contributed by atoms with Crippen molar-refractivity contribution in [3.8, 4) is 10.6 Å². The van der Waals surface area contributed by atoms with E-state index in [1.54, 1.807) is 41.5 Å². The number of thiophene rings is 2. The molecule has 0 radical (unpaired) electrons. The summed E-state index contributed by atoms with van der Waals surface area (Å²) in [5.41, 5.74) is 2.67. The maximum absolute atomic E-state index is 12.3. The number of carbonyl (C=O) groups excluding carboxylic acids is 2. The Morgan fingerprint density at radius 3 is 2.64 bits per heavy atom. The number of esters is 1. The van der Waals surface area contributed by atoms with Gasteiger partial charge >= 0.3 is 5.97 Å². The van der Waals surface area contributed by atoms with Crippen molar-refractivity contribution in [2.75, 3.05) is 13.7 Å². The third-order valence-corrected chi connectivity index (χ3v) is 6.10. The first-order chi connectivity index (χ1) is 12.0. The molecule has 1 amide bonds. The van der Waals surface area contributed by atoms with Gasteiger partial charge in [-0.15, -0.1) is 11.3 Å². The van der Waals surface area contributed by atoms with E-state index in [2.05, 4.69) is 4.98 Å². The number of thiazole rings is 1. The number of aromatic nitrogens is 1. The molecule has 0 saturated carbocycles. The summed E-state index contributed by atoms with van der Waals surface area (Å²) in [4.78, 5) is 30.8. The van der Waals surface area contributed by atoms with Crippen molar-refractivity contribution in [1.82, 2.24) is 9.88 Å². The molecular weight excluding hydrogens is 376 g/mol. The van der Waals surface area contributed by atoms with Gasteiger partial charge in [0.25, 0.3) is 5.91 Å². The molecule has 25 heavy (non-hydrogen) atoms. The molecule has 0 atom stereocenters. The van der Waals surface area contributed by atoms with E-state index in [1.165, 1.54) is 11.3 Å². The first kappa shape index (κ1) is 17.8. The number of rotatable bonds is 6. The molecule has 0 fully saturated rings. The smallest absolute Gasteiger partial charge is 0.350 e. The van der Waals surface area contributed by atoms with E-state index in [4.69, 9.17) is 4.74 Å². The van der Waals surface area contributed by atoms with Crippen LogP contribution in [0.2, 0.25) is 0 Å². The Morgan fingerprint density at radius 1 is 1.20 bits per heavy atom. The van der Waals surface area contributed by atoms with E-state index in [0.29, 0.717) is 17.1 Å². The standard InChI is InChI=1S/C17H16N2O3S3/c1-11-15(25-16(18-11)13-4-6-24-10-13)17(21)22-8-14(20)19(2)7-12-3-5-23-9-12/h3-6,9-10H,7-8H2,1-2H3. The average Bonchev–Trinajstić information content (AvgIpc) is 3.33. The molecule has 3 heterocycles. The lowest BCUT2D eigenvalue weighted by atomic mass is 10.3. The lowest BCUT2D eigenvalue weighted by molar-refractivity contribution is -0.133. The fourth-order valence-electron chi connectivity index (χ4n) is 2.14. The van der Waals surface area contributed by atoms with Crippen LogP contribution in [0.3, 0.4) is 0 Å². The summed E-state index contributed by atoms with van der Waals surface area (Å²) in [6, 6.07) is 3.92. The van der Waals surface area contributed by atoms with Crippen LogP contribution >= 0.6 is 34.0 Å². The lowest BCUT2D eigenvalue weighted by Crippen LogP contribution is -2.30. The van der Waals surface area contributed by atoms with Crippen LogP contribution in [0.25, 0.3) is 10.6 Å². The number of carbonyl (C=O) groups is 2. The molecular formula is C17H16N2O3S3. The zero-order valence-electron chi connectivity index (χ0n) is 13.7. The van der Waals surface area contributed by atoms with Crippen LogP contribution in [0.5, 0.6) is 0 Å². The maximum atomic E-state index is 12.3. The van der Waals surface area contributed by atoms with Gasteiger partial charge in [-0.1, -0.05) is 0 Å². The molecule has 0 saturated heterocycles. The molecule has 8 heteroatoms. The highest BCUT2D eigenvalue weighted by Gasteiger charge is 2.20. The molecule has 0 aromatic carbocycles. The van der Waals surface area contributed by atoms with Crippen molar-refractivity contribution in [3.05, 3.63) is 49.8 Å². The zero-order valence-corrected chi connectivity index (χ0v) is 16.2. The van der Waals surface area contributed by atoms with Crippen LogP contribution in [0.1, 0.15) is 20.9 Å². The molecule has 0 unspecified atom stereocenters. The lowest BCUT2D eigenvalue weighted by Gasteiger charge is -2.16. The van der Waals surface area contributed by atoms with Gasteiger partial charge in [0.05, 0.1) is 5.69 Å². The topological polar surface area (TPSA) is 59.5 Å². The molecule has 0 spiro atoms. The van der Waals surface area contributed by atoms with Gasteiger partial charge < -0.3 is 9.64 Å². The number of hydrogen-bond donors (Lipinski definition) is 0. The third-order valence-electron chi connectivity index (χ3n) is 3.50. The maximum Gasteiger partial charge on any atom is 0.350 e. The molecule has 0 aliphatic carbocycles. The minimum Gasteiger partial charge on any atom is -0.451 e. The number of hydrogen-bond acceptors (Lipinski definition) is 7.